The van der Waals surface area contributed by atoms with E-state index >= 15 is 0 Å². The summed E-state index contributed by atoms with van der Waals surface area (Å²) in [6, 6.07) is 5.98. The van der Waals surface area contributed by atoms with E-state index in [0.29, 0.717) is 6.61 Å². The SMILES string of the molecule is Cl[SiH](Cl)c1ccc2c(c1)COC1(CCCC1)O2. The van der Waals surface area contributed by atoms with Crippen molar-refractivity contribution in [1.82, 2.24) is 0 Å². The van der Waals surface area contributed by atoms with E-state index in [2.05, 4.69) is 0 Å². The molecule has 3 rings (SSSR count). The molecule has 2 aliphatic rings. The number of hydrogen-bond donors (Lipinski definition) is 0. The minimum absolute atomic E-state index is 0.354. The van der Waals surface area contributed by atoms with Crippen LogP contribution in [0, 0.1) is 0 Å². The van der Waals surface area contributed by atoms with Crippen molar-refractivity contribution in [2.24, 2.45) is 0 Å². The van der Waals surface area contributed by atoms with Crippen LogP contribution in [0.4, 0.5) is 0 Å². The molecule has 0 unspecified atom stereocenters. The molecule has 1 saturated carbocycles. The van der Waals surface area contributed by atoms with Gasteiger partial charge in [0.05, 0.1) is 6.61 Å². The summed E-state index contributed by atoms with van der Waals surface area (Å²) in [5, 5.41) is 1.03. The lowest BCUT2D eigenvalue weighted by atomic mass is 10.1. The van der Waals surface area contributed by atoms with Gasteiger partial charge in [-0.1, -0.05) is 12.1 Å². The zero-order chi connectivity index (χ0) is 11.9. The van der Waals surface area contributed by atoms with Crippen LogP contribution in [0.25, 0.3) is 0 Å². The fourth-order valence-corrected chi connectivity index (χ4v) is 3.93. The smallest absolute Gasteiger partial charge is 0.266 e. The van der Waals surface area contributed by atoms with E-state index in [1.54, 1.807) is 0 Å². The van der Waals surface area contributed by atoms with Crippen molar-refractivity contribution in [3.63, 3.8) is 0 Å². The summed E-state index contributed by atoms with van der Waals surface area (Å²) in [6.07, 6.45) is 4.37. The molecule has 1 aliphatic carbocycles. The van der Waals surface area contributed by atoms with Gasteiger partial charge in [0.15, 0.2) is 0 Å². The van der Waals surface area contributed by atoms with E-state index in [-0.39, 0.29) is 5.79 Å². The molecule has 92 valence electrons. The molecule has 1 aromatic rings. The Kier molecular flexibility index (Phi) is 3.11. The maximum atomic E-state index is 6.02. The molecule has 1 fully saturated rings. The van der Waals surface area contributed by atoms with Crippen LogP contribution in [-0.4, -0.2) is 13.2 Å². The lowest BCUT2D eigenvalue weighted by molar-refractivity contribution is -0.200. The second kappa shape index (κ2) is 4.46. The Bertz CT molecular complexity index is 431. The van der Waals surface area contributed by atoms with Gasteiger partial charge in [-0.15, -0.1) is 22.2 Å². The molecule has 1 spiro atoms. The van der Waals surface area contributed by atoms with Crippen molar-refractivity contribution in [1.29, 1.82) is 0 Å². The van der Waals surface area contributed by atoms with Gasteiger partial charge >= 0.3 is 0 Å². The highest BCUT2D eigenvalue weighted by atomic mass is 35.7. The number of ether oxygens (including phenoxy) is 2. The molecule has 1 aromatic carbocycles. The minimum Gasteiger partial charge on any atom is -0.462 e. The van der Waals surface area contributed by atoms with E-state index < -0.39 is 7.42 Å². The molecule has 0 amide bonds. The molecule has 1 heterocycles. The van der Waals surface area contributed by atoms with Gasteiger partial charge in [-0.05, 0) is 24.1 Å². The second-order valence-corrected chi connectivity index (χ2v) is 9.23. The highest BCUT2D eigenvalue weighted by Gasteiger charge is 2.40. The Balaban J connectivity index is 1.88. The van der Waals surface area contributed by atoms with E-state index in [9.17, 15) is 0 Å². The summed E-state index contributed by atoms with van der Waals surface area (Å²) < 4.78 is 11.9. The third-order valence-corrected chi connectivity index (χ3v) is 5.86. The molecule has 17 heavy (non-hydrogen) atoms. The largest absolute Gasteiger partial charge is 0.462 e. The molecular formula is C12H14Cl2O2Si. The quantitative estimate of drug-likeness (QED) is 0.584. The van der Waals surface area contributed by atoms with E-state index in [0.717, 1.165) is 29.3 Å². The number of hydrogen-bond acceptors (Lipinski definition) is 2. The van der Waals surface area contributed by atoms with Gasteiger partial charge in [0.25, 0.3) is 7.42 Å². The van der Waals surface area contributed by atoms with Crippen LogP contribution in [0.1, 0.15) is 31.2 Å². The first-order valence-corrected chi connectivity index (χ1v) is 9.99. The fraction of sp³-hybridized carbons (Fsp3) is 0.500. The summed E-state index contributed by atoms with van der Waals surface area (Å²) in [4.78, 5) is 0. The average Bonchev–Trinajstić information content (AvgIpc) is 2.76. The van der Waals surface area contributed by atoms with Crippen molar-refractivity contribution in [2.45, 2.75) is 38.1 Å². The highest BCUT2D eigenvalue weighted by Crippen LogP contribution is 2.40. The van der Waals surface area contributed by atoms with E-state index in [4.69, 9.17) is 31.6 Å². The number of benzene rings is 1. The molecule has 0 aromatic heterocycles. The van der Waals surface area contributed by atoms with Gasteiger partial charge in [-0.3, -0.25) is 0 Å². The van der Waals surface area contributed by atoms with Gasteiger partial charge < -0.3 is 9.47 Å². The van der Waals surface area contributed by atoms with Crippen LogP contribution in [0.2, 0.25) is 0 Å². The van der Waals surface area contributed by atoms with Gasteiger partial charge in [-0.2, -0.15) is 0 Å². The predicted octanol–water partition coefficient (Wildman–Crippen LogP) is 2.77. The first-order chi connectivity index (χ1) is 8.19. The zero-order valence-electron chi connectivity index (χ0n) is 9.42. The zero-order valence-corrected chi connectivity index (χ0v) is 12.1. The normalized spacial score (nSPS) is 21.6. The van der Waals surface area contributed by atoms with E-state index in [1.165, 1.54) is 12.8 Å². The van der Waals surface area contributed by atoms with Crippen molar-refractivity contribution >= 4 is 34.8 Å². The Morgan fingerprint density at radius 1 is 1.18 bits per heavy atom. The van der Waals surface area contributed by atoms with Crippen LogP contribution < -0.4 is 9.92 Å². The molecule has 0 bridgehead atoms. The van der Waals surface area contributed by atoms with Crippen molar-refractivity contribution in [3.8, 4) is 5.75 Å². The third kappa shape index (κ3) is 2.21. The lowest BCUT2D eigenvalue weighted by Gasteiger charge is -2.35. The van der Waals surface area contributed by atoms with Crippen LogP contribution >= 0.6 is 22.2 Å². The average molecular weight is 289 g/mol. The first-order valence-electron chi connectivity index (χ1n) is 5.92. The molecule has 0 radical (unpaired) electrons. The lowest BCUT2D eigenvalue weighted by Crippen LogP contribution is -2.39. The molecule has 0 N–H and O–H groups in total. The minimum atomic E-state index is -1.78. The summed E-state index contributed by atoms with van der Waals surface area (Å²) in [5.41, 5.74) is 1.07. The van der Waals surface area contributed by atoms with Gasteiger partial charge in [0, 0.05) is 18.4 Å². The van der Waals surface area contributed by atoms with Crippen LogP contribution in [0.3, 0.4) is 0 Å². The van der Waals surface area contributed by atoms with Crippen molar-refractivity contribution in [2.75, 3.05) is 0 Å². The number of halogens is 2. The summed E-state index contributed by atoms with van der Waals surface area (Å²) in [7, 11) is -1.78. The maximum absolute atomic E-state index is 6.02. The standard InChI is InChI=1S/C12H14Cl2O2Si/c13-17(14)10-3-4-11-9(7-10)8-15-12(16-11)5-1-2-6-12/h3-4,7,17H,1-2,5-6,8H2. The molecule has 5 heteroatoms. The first kappa shape index (κ1) is 11.8. The van der Waals surface area contributed by atoms with Crippen molar-refractivity contribution in [3.05, 3.63) is 23.8 Å². The van der Waals surface area contributed by atoms with Crippen molar-refractivity contribution < 1.29 is 9.47 Å². The fourth-order valence-electron chi connectivity index (χ4n) is 2.55. The number of fused-ring (bicyclic) bond motifs is 1. The molecule has 0 saturated heterocycles. The van der Waals surface area contributed by atoms with Gasteiger partial charge in [-0.25, -0.2) is 0 Å². The predicted molar refractivity (Wildman–Crippen MR) is 71.5 cm³/mol. The monoisotopic (exact) mass is 288 g/mol. The van der Waals surface area contributed by atoms with Gasteiger partial charge in [0.2, 0.25) is 5.79 Å². The summed E-state index contributed by atoms with van der Waals surface area (Å²) in [5.74, 6) is 0.581. The Hall–Kier alpha value is -0.223. The summed E-state index contributed by atoms with van der Waals surface area (Å²) in [6.45, 7) is 0.609. The van der Waals surface area contributed by atoms with Crippen LogP contribution in [-0.2, 0) is 11.3 Å². The molecule has 1 aliphatic heterocycles. The second-order valence-electron chi connectivity index (χ2n) is 4.68. The highest BCUT2D eigenvalue weighted by molar-refractivity contribution is 7.39. The molecular weight excluding hydrogens is 275 g/mol. The van der Waals surface area contributed by atoms with Crippen LogP contribution in [0.5, 0.6) is 5.75 Å². The Labute approximate surface area is 112 Å². The van der Waals surface area contributed by atoms with E-state index in [1.807, 2.05) is 18.2 Å². The number of rotatable bonds is 1. The Morgan fingerprint density at radius 3 is 2.65 bits per heavy atom. The van der Waals surface area contributed by atoms with Gasteiger partial charge in [0.1, 0.15) is 5.75 Å². The molecule has 0 atom stereocenters. The Morgan fingerprint density at radius 2 is 1.94 bits per heavy atom. The maximum Gasteiger partial charge on any atom is 0.266 e. The van der Waals surface area contributed by atoms with Crippen LogP contribution in [0.15, 0.2) is 18.2 Å². The molecule has 2 nitrogen and oxygen atoms in total. The summed E-state index contributed by atoms with van der Waals surface area (Å²) >= 11 is 12.0. The third-order valence-electron chi connectivity index (χ3n) is 3.49. The topological polar surface area (TPSA) is 18.5 Å².